The lowest BCUT2D eigenvalue weighted by atomic mass is 9.85. The molecule has 0 bridgehead atoms. The first-order valence-electron chi connectivity index (χ1n) is 18.0. The first kappa shape index (κ1) is 30.1. The van der Waals surface area contributed by atoms with E-state index < -0.39 is 0 Å². The topological polar surface area (TPSA) is 0 Å². The third-order valence-corrected chi connectivity index (χ3v) is 10.6. The molecule has 0 aliphatic rings. The molecular formula is C52H34. The summed E-state index contributed by atoms with van der Waals surface area (Å²) in [5.41, 5.74) is 12.4. The van der Waals surface area contributed by atoms with Gasteiger partial charge in [0.2, 0.25) is 0 Å². The monoisotopic (exact) mass is 658 g/mol. The highest BCUT2D eigenvalue weighted by Crippen LogP contribution is 2.45. The minimum atomic E-state index is 1.20. The van der Waals surface area contributed by atoms with Crippen molar-refractivity contribution in [3.63, 3.8) is 0 Å². The zero-order chi connectivity index (χ0) is 34.4. The highest BCUT2D eigenvalue weighted by molar-refractivity contribution is 6.21. The fourth-order valence-electron chi connectivity index (χ4n) is 8.22. The molecule has 10 aromatic rings. The maximum Gasteiger partial charge on any atom is -0.00262 e. The molecule has 0 aliphatic heterocycles. The molecule has 10 aromatic carbocycles. The average molecular weight is 659 g/mol. The van der Waals surface area contributed by atoms with Crippen molar-refractivity contribution >= 4 is 43.1 Å². The Morgan fingerprint density at radius 3 is 1.35 bits per heavy atom. The van der Waals surface area contributed by atoms with Crippen molar-refractivity contribution in [2.24, 2.45) is 0 Å². The zero-order valence-electron chi connectivity index (χ0n) is 28.6. The van der Waals surface area contributed by atoms with E-state index in [1.807, 2.05) is 0 Å². The molecule has 0 heteroatoms. The summed E-state index contributed by atoms with van der Waals surface area (Å²) in [7, 11) is 0. The summed E-state index contributed by atoms with van der Waals surface area (Å²) in [5, 5.41) is 10.1. The van der Waals surface area contributed by atoms with Crippen LogP contribution in [0.15, 0.2) is 206 Å². The zero-order valence-corrected chi connectivity index (χ0v) is 28.6. The maximum absolute atomic E-state index is 2.34. The van der Waals surface area contributed by atoms with Gasteiger partial charge < -0.3 is 0 Å². The van der Waals surface area contributed by atoms with Crippen LogP contribution >= 0.6 is 0 Å². The Labute approximate surface area is 303 Å². The van der Waals surface area contributed by atoms with Crippen LogP contribution in [0, 0.1) is 0 Å². The van der Waals surface area contributed by atoms with E-state index in [2.05, 4.69) is 206 Å². The van der Waals surface area contributed by atoms with Crippen molar-refractivity contribution in [2.75, 3.05) is 0 Å². The first-order valence-corrected chi connectivity index (χ1v) is 18.0. The van der Waals surface area contributed by atoms with Gasteiger partial charge in [0, 0.05) is 0 Å². The Kier molecular flexibility index (Phi) is 7.25. The third kappa shape index (κ3) is 5.08. The van der Waals surface area contributed by atoms with Gasteiger partial charge in [-0.1, -0.05) is 194 Å². The molecule has 10 rings (SSSR count). The van der Waals surface area contributed by atoms with Gasteiger partial charge in [-0.05, 0) is 111 Å². The summed E-state index contributed by atoms with van der Waals surface area (Å²) in [6.07, 6.45) is 0. The van der Waals surface area contributed by atoms with Crippen molar-refractivity contribution < 1.29 is 0 Å². The fourth-order valence-corrected chi connectivity index (χ4v) is 8.22. The predicted molar refractivity (Wildman–Crippen MR) is 224 cm³/mol. The molecule has 0 saturated heterocycles. The Morgan fingerprint density at radius 1 is 0.192 bits per heavy atom. The van der Waals surface area contributed by atoms with Gasteiger partial charge in [0.1, 0.15) is 0 Å². The second-order valence-corrected chi connectivity index (χ2v) is 13.6. The van der Waals surface area contributed by atoms with E-state index in [0.29, 0.717) is 0 Å². The van der Waals surface area contributed by atoms with E-state index in [0.717, 1.165) is 0 Å². The molecule has 52 heavy (non-hydrogen) atoms. The van der Waals surface area contributed by atoms with Crippen molar-refractivity contribution in [1.29, 1.82) is 0 Å². The molecule has 0 radical (unpaired) electrons. The largest absolute Gasteiger partial charge is 0.0622 e. The molecule has 0 aliphatic carbocycles. The Balaban J connectivity index is 1.09. The standard InChI is InChI=1S/C52H34/c1-2-15-38(16-3-1)50-44-20-7-6-14-37(44)31-32-45(50)42-19-12-18-41(33-42)36-25-28-39(29-26-36)51-46-21-8-10-23-48(46)52(49-24-11-9-22-47(49)51)43-30-27-35-13-4-5-17-40(35)34-43/h1-34H. The van der Waals surface area contributed by atoms with Gasteiger partial charge in [-0.2, -0.15) is 0 Å². The van der Waals surface area contributed by atoms with Gasteiger partial charge in [-0.15, -0.1) is 0 Å². The molecule has 0 aromatic heterocycles. The number of hydrogen-bond acceptors (Lipinski definition) is 0. The second kappa shape index (κ2) is 12.5. The predicted octanol–water partition coefficient (Wildman–Crippen LogP) is 14.6. The van der Waals surface area contributed by atoms with Gasteiger partial charge in [0.05, 0.1) is 0 Å². The van der Waals surface area contributed by atoms with E-state index >= 15 is 0 Å². The quantitative estimate of drug-likeness (QED) is 0.161. The normalized spacial score (nSPS) is 11.5. The Bertz CT molecular complexity index is 2880. The molecule has 0 N–H and O–H groups in total. The number of hydrogen-bond donors (Lipinski definition) is 0. The molecule has 0 atom stereocenters. The summed E-state index contributed by atoms with van der Waals surface area (Å²) in [5.74, 6) is 0. The molecule has 0 unspecified atom stereocenters. The van der Waals surface area contributed by atoms with Gasteiger partial charge >= 0.3 is 0 Å². The van der Waals surface area contributed by atoms with E-state index in [1.54, 1.807) is 0 Å². The van der Waals surface area contributed by atoms with Crippen molar-refractivity contribution in [2.45, 2.75) is 0 Å². The van der Waals surface area contributed by atoms with Crippen LogP contribution < -0.4 is 0 Å². The van der Waals surface area contributed by atoms with Crippen LogP contribution in [-0.2, 0) is 0 Å². The van der Waals surface area contributed by atoms with Crippen LogP contribution in [0.5, 0.6) is 0 Å². The van der Waals surface area contributed by atoms with Crippen molar-refractivity contribution in [1.82, 2.24) is 0 Å². The molecule has 0 amide bonds. The SMILES string of the molecule is c1ccc(-c2c(-c3cccc(-c4ccc(-c5c6ccccc6c(-c6ccc7ccccc7c6)c6ccccc56)cc4)c3)ccc3ccccc23)cc1. The van der Waals surface area contributed by atoms with Crippen LogP contribution in [0.3, 0.4) is 0 Å². The number of rotatable bonds is 5. The average Bonchev–Trinajstić information content (AvgIpc) is 3.22. The van der Waals surface area contributed by atoms with Gasteiger partial charge in [0.25, 0.3) is 0 Å². The fraction of sp³-hybridized carbons (Fsp3) is 0. The van der Waals surface area contributed by atoms with Crippen molar-refractivity contribution in [3.8, 4) is 55.6 Å². The molecule has 0 heterocycles. The molecule has 0 fully saturated rings. The lowest BCUT2D eigenvalue weighted by Crippen LogP contribution is -1.91. The lowest BCUT2D eigenvalue weighted by Gasteiger charge is -2.18. The van der Waals surface area contributed by atoms with Crippen LogP contribution in [-0.4, -0.2) is 0 Å². The number of benzene rings is 10. The highest BCUT2D eigenvalue weighted by atomic mass is 14.2. The molecule has 0 saturated carbocycles. The van der Waals surface area contributed by atoms with E-state index in [9.17, 15) is 0 Å². The summed E-state index contributed by atoms with van der Waals surface area (Å²) < 4.78 is 0. The van der Waals surface area contributed by atoms with E-state index in [-0.39, 0.29) is 0 Å². The summed E-state index contributed by atoms with van der Waals surface area (Å²) >= 11 is 0. The van der Waals surface area contributed by atoms with Crippen molar-refractivity contribution in [3.05, 3.63) is 206 Å². The van der Waals surface area contributed by atoms with Crippen LogP contribution in [0.4, 0.5) is 0 Å². The van der Waals surface area contributed by atoms with Gasteiger partial charge in [-0.25, -0.2) is 0 Å². The highest BCUT2D eigenvalue weighted by Gasteiger charge is 2.17. The molecular weight excluding hydrogens is 625 g/mol. The number of fused-ring (bicyclic) bond motifs is 4. The van der Waals surface area contributed by atoms with E-state index in [4.69, 9.17) is 0 Å². The van der Waals surface area contributed by atoms with E-state index in [1.165, 1.54) is 98.7 Å². The third-order valence-electron chi connectivity index (χ3n) is 10.6. The van der Waals surface area contributed by atoms with Crippen LogP contribution in [0.1, 0.15) is 0 Å². The minimum Gasteiger partial charge on any atom is -0.0622 e. The minimum absolute atomic E-state index is 1.20. The second-order valence-electron chi connectivity index (χ2n) is 13.6. The van der Waals surface area contributed by atoms with Crippen LogP contribution in [0.2, 0.25) is 0 Å². The molecule has 0 spiro atoms. The lowest BCUT2D eigenvalue weighted by molar-refractivity contribution is 1.58. The van der Waals surface area contributed by atoms with Gasteiger partial charge in [-0.3, -0.25) is 0 Å². The van der Waals surface area contributed by atoms with Crippen LogP contribution in [0.25, 0.3) is 98.7 Å². The first-order chi connectivity index (χ1) is 25.8. The smallest absolute Gasteiger partial charge is 0.00262 e. The van der Waals surface area contributed by atoms with Gasteiger partial charge in [0.15, 0.2) is 0 Å². The summed E-state index contributed by atoms with van der Waals surface area (Å²) in [6, 6.07) is 75.5. The summed E-state index contributed by atoms with van der Waals surface area (Å²) in [6.45, 7) is 0. The maximum atomic E-state index is 2.34. The summed E-state index contributed by atoms with van der Waals surface area (Å²) in [4.78, 5) is 0. The molecule has 0 nitrogen and oxygen atoms in total. The Morgan fingerprint density at radius 2 is 0.654 bits per heavy atom. The Hall–Kier alpha value is -6.76. The molecule has 242 valence electrons.